The summed E-state index contributed by atoms with van der Waals surface area (Å²) < 4.78 is 0. The Kier molecular flexibility index (Phi) is 5.12. The van der Waals surface area contributed by atoms with E-state index in [1.807, 2.05) is 61.5 Å². The van der Waals surface area contributed by atoms with Crippen molar-refractivity contribution in [3.8, 4) is 0 Å². The molecule has 0 fully saturated rings. The molecule has 154 valence electrons. The Morgan fingerprint density at radius 3 is 2.19 bits per heavy atom. The third-order valence-corrected chi connectivity index (χ3v) is 6.80. The minimum absolute atomic E-state index is 0.245. The van der Waals surface area contributed by atoms with Gasteiger partial charge < -0.3 is 4.90 Å². The van der Waals surface area contributed by atoms with Crippen LogP contribution in [0.15, 0.2) is 94.4 Å². The van der Waals surface area contributed by atoms with Gasteiger partial charge in [-0.15, -0.1) is 0 Å². The summed E-state index contributed by atoms with van der Waals surface area (Å²) >= 11 is 1.38. The van der Waals surface area contributed by atoms with E-state index < -0.39 is 0 Å². The number of imide groups is 1. The molecule has 2 aliphatic rings. The number of carbonyl (C=O) groups is 2. The highest BCUT2D eigenvalue weighted by atomic mass is 32.2. The molecule has 5 rings (SSSR count). The molecule has 0 atom stereocenters. The summed E-state index contributed by atoms with van der Waals surface area (Å²) in [6, 6.07) is 25.5. The molecule has 0 N–H and O–H groups in total. The smallest absolute Gasteiger partial charge is 0.283 e. The number of fused-ring (bicyclic) bond motifs is 1. The minimum atomic E-state index is -0.254. The Bertz CT molecular complexity index is 1190. The van der Waals surface area contributed by atoms with Crippen molar-refractivity contribution in [3.05, 3.63) is 106 Å². The van der Waals surface area contributed by atoms with Crippen molar-refractivity contribution >= 4 is 29.3 Å². The van der Waals surface area contributed by atoms with Crippen LogP contribution >= 0.6 is 11.8 Å². The fourth-order valence-corrected chi connectivity index (χ4v) is 5.09. The lowest BCUT2D eigenvalue weighted by atomic mass is 9.99. The third kappa shape index (κ3) is 3.66. The second-order valence-corrected chi connectivity index (χ2v) is 8.90. The van der Waals surface area contributed by atoms with Gasteiger partial charge in [-0.2, -0.15) is 0 Å². The predicted molar refractivity (Wildman–Crippen MR) is 124 cm³/mol. The van der Waals surface area contributed by atoms with E-state index in [9.17, 15) is 9.59 Å². The molecular formula is C26H22N2O2S. The SMILES string of the molecule is Cc1ccc(SC2=C(N3CCc4ccccc4C3)C(=O)N(c3ccccc3)C2=O)cc1. The first-order valence-corrected chi connectivity index (χ1v) is 11.2. The molecule has 3 aromatic rings. The average molecular weight is 427 g/mol. The standard InChI is InChI=1S/C26H22N2O2S/c1-18-11-13-22(14-12-18)31-24-23(27-16-15-19-7-5-6-8-20(19)17-27)25(29)28(26(24)30)21-9-3-2-4-10-21/h2-14H,15-17H2,1H3. The van der Waals surface area contributed by atoms with Crippen molar-refractivity contribution < 1.29 is 9.59 Å². The molecule has 2 heterocycles. The molecule has 0 spiro atoms. The van der Waals surface area contributed by atoms with Crippen molar-refractivity contribution in [2.45, 2.75) is 24.8 Å². The molecule has 3 aromatic carbocycles. The van der Waals surface area contributed by atoms with E-state index in [1.165, 1.54) is 27.8 Å². The van der Waals surface area contributed by atoms with Gasteiger partial charge in [-0.1, -0.05) is 71.9 Å². The van der Waals surface area contributed by atoms with Crippen LogP contribution in [-0.4, -0.2) is 23.3 Å². The van der Waals surface area contributed by atoms with E-state index in [-0.39, 0.29) is 11.8 Å². The molecule has 2 aliphatic heterocycles. The number of hydrogen-bond donors (Lipinski definition) is 0. The van der Waals surface area contributed by atoms with Gasteiger partial charge in [0.05, 0.1) is 5.69 Å². The van der Waals surface area contributed by atoms with Crippen LogP contribution in [0.4, 0.5) is 5.69 Å². The first-order valence-electron chi connectivity index (χ1n) is 10.4. The number of para-hydroxylation sites is 1. The molecule has 0 saturated carbocycles. The van der Waals surface area contributed by atoms with Crippen LogP contribution in [0.5, 0.6) is 0 Å². The summed E-state index contributed by atoms with van der Waals surface area (Å²) in [6.45, 7) is 3.38. The lowest BCUT2D eigenvalue weighted by Gasteiger charge is -2.31. The van der Waals surface area contributed by atoms with Crippen LogP contribution in [0.3, 0.4) is 0 Å². The van der Waals surface area contributed by atoms with Crippen LogP contribution in [0.25, 0.3) is 0 Å². The highest BCUT2D eigenvalue weighted by molar-refractivity contribution is 8.04. The third-order valence-electron chi connectivity index (χ3n) is 5.72. The summed E-state index contributed by atoms with van der Waals surface area (Å²) in [5, 5.41) is 0. The summed E-state index contributed by atoms with van der Waals surface area (Å²) in [4.78, 5) is 31.9. The zero-order valence-electron chi connectivity index (χ0n) is 17.2. The zero-order chi connectivity index (χ0) is 21.4. The largest absolute Gasteiger partial charge is 0.361 e. The molecule has 0 radical (unpaired) electrons. The number of thioether (sulfide) groups is 1. The summed E-state index contributed by atoms with van der Waals surface area (Å²) in [7, 11) is 0. The Morgan fingerprint density at radius 2 is 1.45 bits per heavy atom. The molecular weight excluding hydrogens is 404 g/mol. The second kappa shape index (κ2) is 8.08. The highest BCUT2D eigenvalue weighted by Gasteiger charge is 2.43. The van der Waals surface area contributed by atoms with Gasteiger partial charge >= 0.3 is 0 Å². The van der Waals surface area contributed by atoms with Crippen molar-refractivity contribution in [3.63, 3.8) is 0 Å². The molecule has 2 amide bonds. The summed E-state index contributed by atoms with van der Waals surface area (Å²) in [5.74, 6) is -0.499. The van der Waals surface area contributed by atoms with E-state index in [1.54, 1.807) is 12.1 Å². The minimum Gasteiger partial charge on any atom is -0.361 e. The van der Waals surface area contributed by atoms with E-state index >= 15 is 0 Å². The number of anilines is 1. The maximum absolute atomic E-state index is 13.6. The molecule has 4 nitrogen and oxygen atoms in total. The van der Waals surface area contributed by atoms with Gasteiger partial charge in [0.2, 0.25) is 0 Å². The Labute approximate surface area is 186 Å². The van der Waals surface area contributed by atoms with Crippen LogP contribution in [0.2, 0.25) is 0 Å². The van der Waals surface area contributed by atoms with Gasteiger partial charge in [0.15, 0.2) is 0 Å². The second-order valence-electron chi connectivity index (χ2n) is 7.81. The van der Waals surface area contributed by atoms with E-state index in [2.05, 4.69) is 17.0 Å². The van der Waals surface area contributed by atoms with Crippen molar-refractivity contribution in [2.24, 2.45) is 0 Å². The van der Waals surface area contributed by atoms with Gasteiger partial charge in [0.1, 0.15) is 10.6 Å². The zero-order valence-corrected chi connectivity index (χ0v) is 18.1. The molecule has 5 heteroatoms. The number of aryl methyl sites for hydroxylation is 1. The Morgan fingerprint density at radius 1 is 0.774 bits per heavy atom. The molecule has 0 saturated heterocycles. The Hall–Kier alpha value is -3.31. The number of benzene rings is 3. The quantitative estimate of drug-likeness (QED) is 0.555. The van der Waals surface area contributed by atoms with Gasteiger partial charge in [-0.3, -0.25) is 9.59 Å². The first-order chi connectivity index (χ1) is 15.1. The first kappa shape index (κ1) is 19.6. The van der Waals surface area contributed by atoms with E-state index in [0.29, 0.717) is 29.4 Å². The fourth-order valence-electron chi connectivity index (χ4n) is 4.09. The predicted octanol–water partition coefficient (Wildman–Crippen LogP) is 4.93. The average Bonchev–Trinajstić information content (AvgIpc) is 3.04. The lowest BCUT2D eigenvalue weighted by molar-refractivity contribution is -0.121. The van der Waals surface area contributed by atoms with E-state index in [0.717, 1.165) is 16.9 Å². The lowest BCUT2D eigenvalue weighted by Crippen LogP contribution is -2.37. The van der Waals surface area contributed by atoms with Crippen LogP contribution in [-0.2, 0) is 22.6 Å². The van der Waals surface area contributed by atoms with E-state index in [4.69, 9.17) is 0 Å². The maximum Gasteiger partial charge on any atom is 0.283 e. The Balaban J connectivity index is 1.55. The summed E-state index contributed by atoms with van der Waals surface area (Å²) in [5.41, 5.74) is 4.79. The molecule has 0 aromatic heterocycles. The fraction of sp³-hybridized carbons (Fsp3) is 0.154. The normalized spacial score (nSPS) is 16.2. The molecule has 0 bridgehead atoms. The van der Waals surface area contributed by atoms with Crippen LogP contribution < -0.4 is 4.90 Å². The molecule has 0 unspecified atom stereocenters. The topological polar surface area (TPSA) is 40.6 Å². The number of carbonyl (C=O) groups excluding carboxylic acids is 2. The van der Waals surface area contributed by atoms with Gasteiger partial charge in [-0.05, 0) is 48.7 Å². The summed E-state index contributed by atoms with van der Waals surface area (Å²) in [6.07, 6.45) is 0.856. The van der Waals surface area contributed by atoms with Crippen molar-refractivity contribution in [1.82, 2.24) is 4.90 Å². The number of hydrogen-bond acceptors (Lipinski definition) is 4. The van der Waals surface area contributed by atoms with Gasteiger partial charge in [-0.25, -0.2) is 4.90 Å². The van der Waals surface area contributed by atoms with Crippen LogP contribution in [0.1, 0.15) is 16.7 Å². The molecule has 0 aliphatic carbocycles. The molecule has 31 heavy (non-hydrogen) atoms. The number of amides is 2. The highest BCUT2D eigenvalue weighted by Crippen LogP contribution is 2.40. The number of rotatable bonds is 4. The van der Waals surface area contributed by atoms with Crippen LogP contribution in [0, 0.1) is 6.92 Å². The van der Waals surface area contributed by atoms with Gasteiger partial charge in [0, 0.05) is 18.0 Å². The van der Waals surface area contributed by atoms with Gasteiger partial charge in [0.25, 0.3) is 11.8 Å². The monoisotopic (exact) mass is 426 g/mol. The maximum atomic E-state index is 13.6. The van der Waals surface area contributed by atoms with Crippen molar-refractivity contribution in [1.29, 1.82) is 0 Å². The number of nitrogens with zero attached hydrogens (tertiary/aromatic N) is 2. The van der Waals surface area contributed by atoms with Crippen molar-refractivity contribution in [2.75, 3.05) is 11.4 Å².